The lowest BCUT2D eigenvalue weighted by Crippen LogP contribution is -1.89. The van der Waals surface area contributed by atoms with Crippen molar-refractivity contribution < 1.29 is 19.8 Å². The maximum atomic E-state index is 10.4. The van der Waals surface area contributed by atoms with Crippen molar-refractivity contribution in [1.82, 2.24) is 0 Å². The number of aryl methyl sites for hydroxylation is 2. The Morgan fingerprint density at radius 3 is 2.20 bits per heavy atom. The van der Waals surface area contributed by atoms with Crippen LogP contribution >= 0.6 is 23.2 Å². The topological polar surface area (TPSA) is 74.6 Å². The van der Waals surface area contributed by atoms with Gasteiger partial charge in [0, 0.05) is 11.1 Å². The summed E-state index contributed by atoms with van der Waals surface area (Å²) in [7, 11) is 0. The van der Waals surface area contributed by atoms with Crippen molar-refractivity contribution in [2.24, 2.45) is 0 Å². The summed E-state index contributed by atoms with van der Waals surface area (Å²) in [4.78, 5) is 16.2. The van der Waals surface area contributed by atoms with Crippen LogP contribution in [0, 0.1) is 13.8 Å². The fourth-order valence-electron chi connectivity index (χ4n) is 2.67. The number of phenols is 2. The Labute approximate surface area is 154 Å². The van der Waals surface area contributed by atoms with Crippen molar-refractivity contribution in [1.29, 1.82) is 0 Å². The Balaban J connectivity index is 0.000000701. The standard InChI is InChI=1S/C18H14Cl2O2.CO2/c1-9-3-5-12-11(7-9)4-6-14(21)15(12)16-17(20)10(2)8-13(19)18(16)22;2-1-3/h3-8,21-22H,1-2H3;. The molecule has 128 valence electrons. The lowest BCUT2D eigenvalue weighted by atomic mass is 9.94. The van der Waals surface area contributed by atoms with Crippen LogP contribution in [0.5, 0.6) is 11.5 Å². The van der Waals surface area contributed by atoms with Crippen LogP contribution in [-0.2, 0) is 9.59 Å². The minimum Gasteiger partial charge on any atom is -0.507 e. The van der Waals surface area contributed by atoms with Gasteiger partial charge in [-0.25, -0.2) is 0 Å². The van der Waals surface area contributed by atoms with Gasteiger partial charge < -0.3 is 10.2 Å². The van der Waals surface area contributed by atoms with E-state index < -0.39 is 0 Å². The van der Waals surface area contributed by atoms with Crippen LogP contribution < -0.4 is 0 Å². The Kier molecular flexibility index (Phi) is 5.70. The lowest BCUT2D eigenvalue weighted by Gasteiger charge is -2.15. The molecule has 0 bridgehead atoms. The van der Waals surface area contributed by atoms with E-state index in [1.54, 1.807) is 12.1 Å². The van der Waals surface area contributed by atoms with E-state index in [9.17, 15) is 10.2 Å². The number of aromatic hydroxyl groups is 2. The van der Waals surface area contributed by atoms with E-state index in [4.69, 9.17) is 32.8 Å². The molecule has 0 saturated heterocycles. The van der Waals surface area contributed by atoms with Crippen LogP contribution in [0.4, 0.5) is 0 Å². The molecule has 0 aliphatic carbocycles. The zero-order valence-corrected chi connectivity index (χ0v) is 14.9. The smallest absolute Gasteiger partial charge is 0.373 e. The summed E-state index contributed by atoms with van der Waals surface area (Å²) in [6.45, 7) is 3.81. The van der Waals surface area contributed by atoms with Crippen LogP contribution in [0.1, 0.15) is 11.1 Å². The third-order valence-corrected chi connectivity index (χ3v) is 4.55. The second-order valence-electron chi connectivity index (χ2n) is 5.48. The van der Waals surface area contributed by atoms with Gasteiger partial charge in [-0.2, -0.15) is 9.59 Å². The summed E-state index contributed by atoms with van der Waals surface area (Å²) in [5.41, 5.74) is 2.70. The van der Waals surface area contributed by atoms with E-state index in [-0.39, 0.29) is 22.7 Å². The SMILES string of the molecule is Cc1ccc2c(-c3c(O)c(Cl)cc(C)c3Cl)c(O)ccc2c1.O=C=O. The number of hydrogen-bond acceptors (Lipinski definition) is 4. The van der Waals surface area contributed by atoms with Crippen LogP contribution in [0.15, 0.2) is 36.4 Å². The van der Waals surface area contributed by atoms with Crippen molar-refractivity contribution >= 4 is 40.1 Å². The summed E-state index contributed by atoms with van der Waals surface area (Å²) < 4.78 is 0. The molecule has 25 heavy (non-hydrogen) atoms. The monoisotopic (exact) mass is 376 g/mol. The molecule has 3 rings (SSSR count). The molecule has 0 unspecified atom stereocenters. The van der Waals surface area contributed by atoms with Crippen LogP contribution in [0.25, 0.3) is 21.9 Å². The quantitative estimate of drug-likeness (QED) is 0.607. The second-order valence-corrected chi connectivity index (χ2v) is 6.27. The highest BCUT2D eigenvalue weighted by molar-refractivity contribution is 6.38. The van der Waals surface area contributed by atoms with Gasteiger partial charge in [0.05, 0.1) is 10.0 Å². The molecule has 0 saturated carbocycles. The maximum absolute atomic E-state index is 10.4. The third kappa shape index (κ3) is 3.62. The molecule has 0 spiro atoms. The van der Waals surface area contributed by atoms with Crippen molar-refractivity contribution in [3.63, 3.8) is 0 Å². The molecule has 0 aliphatic heterocycles. The molecule has 6 heteroatoms. The highest BCUT2D eigenvalue weighted by atomic mass is 35.5. The minimum atomic E-state index is -0.124. The lowest BCUT2D eigenvalue weighted by molar-refractivity contribution is -0.191. The molecule has 0 radical (unpaired) electrons. The van der Waals surface area contributed by atoms with Gasteiger partial charge in [-0.05, 0) is 42.3 Å². The predicted octanol–water partition coefficient (Wildman–Crippen LogP) is 5.26. The zero-order valence-electron chi connectivity index (χ0n) is 13.4. The molecule has 3 aromatic rings. The molecule has 4 nitrogen and oxygen atoms in total. The van der Waals surface area contributed by atoms with Gasteiger partial charge in [0.2, 0.25) is 0 Å². The largest absolute Gasteiger partial charge is 0.507 e. The van der Waals surface area contributed by atoms with Gasteiger partial charge in [-0.1, -0.05) is 53.0 Å². The first-order valence-corrected chi connectivity index (χ1v) is 7.97. The average Bonchev–Trinajstić information content (AvgIpc) is 2.56. The number of hydrogen-bond donors (Lipinski definition) is 2. The molecule has 2 N–H and O–H groups in total. The summed E-state index contributed by atoms with van der Waals surface area (Å²) in [5.74, 6) is -0.0733. The number of carbonyl (C=O) groups excluding carboxylic acids is 2. The van der Waals surface area contributed by atoms with Crippen LogP contribution in [0.3, 0.4) is 0 Å². The first-order chi connectivity index (χ1) is 11.8. The molecule has 3 aromatic carbocycles. The molecule has 0 aliphatic rings. The van der Waals surface area contributed by atoms with E-state index in [0.29, 0.717) is 16.1 Å². The minimum absolute atomic E-state index is 0.0511. The van der Waals surface area contributed by atoms with E-state index in [2.05, 4.69) is 0 Å². The molecular formula is C19H14Cl2O4. The fourth-order valence-corrected chi connectivity index (χ4v) is 3.17. The van der Waals surface area contributed by atoms with E-state index >= 15 is 0 Å². The molecule has 0 heterocycles. The molecule has 0 amide bonds. The summed E-state index contributed by atoms with van der Waals surface area (Å²) in [5, 5.41) is 23.1. The summed E-state index contributed by atoms with van der Waals surface area (Å²) in [6, 6.07) is 10.9. The number of fused-ring (bicyclic) bond motifs is 1. The summed E-state index contributed by atoms with van der Waals surface area (Å²) in [6.07, 6.45) is 0.250. The van der Waals surface area contributed by atoms with E-state index in [0.717, 1.165) is 21.9 Å². The Morgan fingerprint density at radius 2 is 1.56 bits per heavy atom. The highest BCUT2D eigenvalue weighted by Crippen LogP contribution is 2.48. The van der Waals surface area contributed by atoms with Crippen molar-refractivity contribution in [2.45, 2.75) is 13.8 Å². The molecule has 0 aromatic heterocycles. The number of benzene rings is 3. The van der Waals surface area contributed by atoms with Gasteiger partial charge in [-0.3, -0.25) is 0 Å². The first kappa shape index (κ1) is 18.8. The van der Waals surface area contributed by atoms with E-state index in [1.807, 2.05) is 38.1 Å². The Hall–Kier alpha value is -2.52. The van der Waals surface area contributed by atoms with E-state index in [1.165, 1.54) is 0 Å². The third-order valence-electron chi connectivity index (χ3n) is 3.78. The van der Waals surface area contributed by atoms with Gasteiger partial charge >= 0.3 is 6.15 Å². The number of rotatable bonds is 1. The van der Waals surface area contributed by atoms with Gasteiger partial charge in [-0.15, -0.1) is 0 Å². The molecular weight excluding hydrogens is 363 g/mol. The van der Waals surface area contributed by atoms with Crippen molar-refractivity contribution in [2.75, 3.05) is 0 Å². The predicted molar refractivity (Wildman–Crippen MR) is 97.2 cm³/mol. The number of phenolic OH excluding ortho intramolecular Hbond substituents is 2. The number of halogens is 2. The average molecular weight is 377 g/mol. The Bertz CT molecular complexity index is 964. The second kappa shape index (κ2) is 7.58. The highest BCUT2D eigenvalue weighted by Gasteiger charge is 2.20. The molecule has 0 fully saturated rings. The van der Waals surface area contributed by atoms with Crippen molar-refractivity contribution in [3.8, 4) is 22.6 Å². The zero-order chi connectivity index (χ0) is 18.7. The van der Waals surface area contributed by atoms with Gasteiger partial charge in [0.25, 0.3) is 0 Å². The Morgan fingerprint density at radius 1 is 0.920 bits per heavy atom. The fraction of sp³-hybridized carbons (Fsp3) is 0.105. The van der Waals surface area contributed by atoms with Crippen LogP contribution in [-0.4, -0.2) is 16.4 Å². The molecule has 0 atom stereocenters. The normalized spacial score (nSPS) is 10.1. The van der Waals surface area contributed by atoms with Crippen molar-refractivity contribution in [3.05, 3.63) is 57.6 Å². The maximum Gasteiger partial charge on any atom is 0.373 e. The first-order valence-electron chi connectivity index (χ1n) is 7.21. The van der Waals surface area contributed by atoms with Gasteiger partial charge in [0.1, 0.15) is 11.5 Å². The van der Waals surface area contributed by atoms with Gasteiger partial charge in [0.15, 0.2) is 0 Å². The summed E-state index contributed by atoms with van der Waals surface area (Å²) >= 11 is 12.5. The van der Waals surface area contributed by atoms with Crippen LogP contribution in [0.2, 0.25) is 10.0 Å².